The van der Waals surface area contributed by atoms with Crippen LogP contribution in [0.5, 0.6) is 0 Å². The first-order chi connectivity index (χ1) is 8.21. The van der Waals surface area contributed by atoms with E-state index >= 15 is 0 Å². The first kappa shape index (κ1) is 14.2. The number of carboxylic acid groups (broad SMARTS) is 1. The average molecular weight is 242 g/mol. The van der Waals surface area contributed by atoms with Crippen molar-refractivity contribution in [2.45, 2.75) is 32.6 Å². The zero-order valence-corrected chi connectivity index (χ0v) is 10.5. The largest absolute Gasteiger partial charge is 0.481 e. The van der Waals surface area contributed by atoms with Crippen molar-refractivity contribution in [3.8, 4) is 0 Å². The van der Waals surface area contributed by atoms with E-state index in [1.54, 1.807) is 0 Å². The van der Waals surface area contributed by atoms with E-state index in [2.05, 4.69) is 6.08 Å². The number of carboxylic acids is 1. The van der Waals surface area contributed by atoms with Gasteiger partial charge in [-0.3, -0.25) is 4.79 Å². The molecule has 0 radical (unpaired) electrons. The molecule has 1 N–H and O–H groups in total. The van der Waals surface area contributed by atoms with Crippen molar-refractivity contribution in [1.82, 2.24) is 0 Å². The predicted octanol–water partition coefficient (Wildman–Crippen LogP) is 2.24. The van der Waals surface area contributed by atoms with Gasteiger partial charge in [0.25, 0.3) is 0 Å². The minimum absolute atomic E-state index is 0.493. The summed E-state index contributed by atoms with van der Waals surface area (Å²) in [5.41, 5.74) is -0.611. The van der Waals surface area contributed by atoms with Gasteiger partial charge in [0.15, 0.2) is 0 Å². The summed E-state index contributed by atoms with van der Waals surface area (Å²) in [6.45, 7) is 4.24. The molecule has 17 heavy (non-hydrogen) atoms. The third kappa shape index (κ3) is 4.48. The summed E-state index contributed by atoms with van der Waals surface area (Å²) in [4.78, 5) is 11.3. The summed E-state index contributed by atoms with van der Waals surface area (Å²) in [7, 11) is 0. The number of carbonyl (C=O) groups is 1. The molecule has 0 saturated heterocycles. The number of rotatable bonds is 8. The molecule has 98 valence electrons. The van der Waals surface area contributed by atoms with Gasteiger partial charge in [-0.15, -0.1) is 0 Å². The van der Waals surface area contributed by atoms with Crippen LogP contribution < -0.4 is 0 Å². The smallest absolute Gasteiger partial charge is 0.310 e. The highest BCUT2D eigenvalue weighted by atomic mass is 16.5. The third-order valence-corrected chi connectivity index (χ3v) is 3.22. The van der Waals surface area contributed by atoms with E-state index in [1.807, 2.05) is 13.0 Å². The van der Waals surface area contributed by atoms with Crippen LogP contribution in [0, 0.1) is 5.41 Å². The Labute approximate surface area is 103 Å². The van der Waals surface area contributed by atoms with Crippen molar-refractivity contribution in [3.05, 3.63) is 12.2 Å². The molecule has 0 heterocycles. The summed E-state index contributed by atoms with van der Waals surface area (Å²) >= 11 is 0. The molecule has 4 heteroatoms. The topological polar surface area (TPSA) is 55.8 Å². The quantitative estimate of drug-likeness (QED) is 0.524. The van der Waals surface area contributed by atoms with Gasteiger partial charge in [0.05, 0.1) is 18.6 Å². The van der Waals surface area contributed by atoms with Crippen LogP contribution in [0.25, 0.3) is 0 Å². The van der Waals surface area contributed by atoms with E-state index in [0.29, 0.717) is 45.7 Å². The van der Waals surface area contributed by atoms with Crippen LogP contribution in [0.15, 0.2) is 12.2 Å². The molecule has 1 aliphatic rings. The normalized spacial score (nSPS) is 23.8. The van der Waals surface area contributed by atoms with Crippen LogP contribution in [0.3, 0.4) is 0 Å². The van der Waals surface area contributed by atoms with Crippen molar-refractivity contribution < 1.29 is 19.4 Å². The fraction of sp³-hybridized carbons (Fsp3) is 0.769. The van der Waals surface area contributed by atoms with Gasteiger partial charge < -0.3 is 14.6 Å². The van der Waals surface area contributed by atoms with Crippen LogP contribution in [-0.2, 0) is 14.3 Å². The van der Waals surface area contributed by atoms with Crippen molar-refractivity contribution in [1.29, 1.82) is 0 Å². The SMILES string of the molecule is CCOCCOCCC1(C(=O)O)CC=CCC1. The fourth-order valence-electron chi connectivity index (χ4n) is 2.05. The lowest BCUT2D eigenvalue weighted by molar-refractivity contribution is -0.151. The standard InChI is InChI=1S/C13H22O4/c1-2-16-10-11-17-9-8-13(12(14)15)6-4-3-5-7-13/h3-4H,2,5-11H2,1H3,(H,14,15). The van der Waals surface area contributed by atoms with Crippen LogP contribution in [-0.4, -0.2) is 37.5 Å². The minimum Gasteiger partial charge on any atom is -0.481 e. The lowest BCUT2D eigenvalue weighted by atomic mass is 9.75. The Morgan fingerprint density at radius 3 is 2.65 bits per heavy atom. The van der Waals surface area contributed by atoms with Gasteiger partial charge in [-0.25, -0.2) is 0 Å². The molecular weight excluding hydrogens is 220 g/mol. The first-order valence-corrected chi connectivity index (χ1v) is 6.25. The second kappa shape index (κ2) is 7.45. The number of ether oxygens (including phenoxy) is 2. The van der Waals surface area contributed by atoms with Crippen molar-refractivity contribution in [3.63, 3.8) is 0 Å². The highest BCUT2D eigenvalue weighted by molar-refractivity contribution is 5.75. The molecule has 0 bridgehead atoms. The first-order valence-electron chi connectivity index (χ1n) is 6.25. The Balaban J connectivity index is 2.26. The molecule has 4 nitrogen and oxygen atoms in total. The Morgan fingerprint density at radius 1 is 1.29 bits per heavy atom. The molecule has 0 fully saturated rings. The van der Waals surface area contributed by atoms with Crippen molar-refractivity contribution >= 4 is 5.97 Å². The van der Waals surface area contributed by atoms with E-state index in [1.165, 1.54) is 0 Å². The Kier molecular flexibility index (Phi) is 6.22. The summed E-state index contributed by atoms with van der Waals surface area (Å²) in [6, 6.07) is 0. The van der Waals surface area contributed by atoms with E-state index < -0.39 is 11.4 Å². The summed E-state index contributed by atoms with van der Waals surface area (Å²) in [5, 5.41) is 9.32. The van der Waals surface area contributed by atoms with Crippen molar-refractivity contribution in [2.75, 3.05) is 26.4 Å². The summed E-state index contributed by atoms with van der Waals surface area (Å²) < 4.78 is 10.5. The van der Waals surface area contributed by atoms with Crippen LogP contribution >= 0.6 is 0 Å². The number of hydrogen-bond donors (Lipinski definition) is 1. The fourth-order valence-corrected chi connectivity index (χ4v) is 2.05. The van der Waals surface area contributed by atoms with E-state index in [-0.39, 0.29) is 0 Å². The maximum Gasteiger partial charge on any atom is 0.310 e. The Morgan fingerprint density at radius 2 is 2.06 bits per heavy atom. The molecule has 0 aromatic carbocycles. The lowest BCUT2D eigenvalue weighted by Crippen LogP contribution is -2.33. The van der Waals surface area contributed by atoms with Crippen LogP contribution in [0.1, 0.15) is 32.6 Å². The maximum atomic E-state index is 11.3. The van der Waals surface area contributed by atoms with Gasteiger partial charge in [0.2, 0.25) is 0 Å². The van der Waals surface area contributed by atoms with Gasteiger partial charge in [-0.2, -0.15) is 0 Å². The van der Waals surface area contributed by atoms with Gasteiger partial charge in [-0.1, -0.05) is 12.2 Å². The van der Waals surface area contributed by atoms with Gasteiger partial charge in [0.1, 0.15) is 0 Å². The summed E-state index contributed by atoms with van der Waals surface area (Å²) in [5.74, 6) is -0.699. The monoisotopic (exact) mass is 242 g/mol. The maximum absolute atomic E-state index is 11.3. The highest BCUT2D eigenvalue weighted by Gasteiger charge is 2.37. The average Bonchev–Trinajstić information content (AvgIpc) is 2.34. The molecule has 1 rings (SSSR count). The second-order valence-corrected chi connectivity index (χ2v) is 4.36. The van der Waals surface area contributed by atoms with Gasteiger partial charge >= 0.3 is 5.97 Å². The molecule has 0 spiro atoms. The molecule has 0 aromatic heterocycles. The zero-order chi connectivity index (χ0) is 12.6. The van der Waals surface area contributed by atoms with Crippen LogP contribution in [0.4, 0.5) is 0 Å². The number of hydrogen-bond acceptors (Lipinski definition) is 3. The van der Waals surface area contributed by atoms with Gasteiger partial charge in [0, 0.05) is 13.2 Å². The Hall–Kier alpha value is -0.870. The minimum atomic E-state index is -0.699. The molecule has 0 aliphatic heterocycles. The summed E-state index contributed by atoms with van der Waals surface area (Å²) in [6.07, 6.45) is 6.80. The zero-order valence-electron chi connectivity index (χ0n) is 10.5. The predicted molar refractivity (Wildman–Crippen MR) is 65.0 cm³/mol. The molecular formula is C13H22O4. The second-order valence-electron chi connectivity index (χ2n) is 4.36. The number of allylic oxidation sites excluding steroid dienone is 2. The molecule has 0 amide bonds. The number of aliphatic carboxylic acids is 1. The Bertz CT molecular complexity index is 262. The molecule has 1 atom stereocenters. The molecule has 1 aliphatic carbocycles. The van der Waals surface area contributed by atoms with Crippen LogP contribution in [0.2, 0.25) is 0 Å². The van der Waals surface area contributed by atoms with E-state index in [0.717, 1.165) is 6.42 Å². The van der Waals surface area contributed by atoms with E-state index in [4.69, 9.17) is 9.47 Å². The molecule has 0 aromatic rings. The third-order valence-electron chi connectivity index (χ3n) is 3.22. The molecule has 1 unspecified atom stereocenters. The van der Waals surface area contributed by atoms with Gasteiger partial charge in [-0.05, 0) is 32.6 Å². The molecule has 0 saturated carbocycles. The highest BCUT2D eigenvalue weighted by Crippen LogP contribution is 2.36. The van der Waals surface area contributed by atoms with E-state index in [9.17, 15) is 9.90 Å². The lowest BCUT2D eigenvalue weighted by Gasteiger charge is -2.30. The van der Waals surface area contributed by atoms with Crippen molar-refractivity contribution in [2.24, 2.45) is 5.41 Å².